The van der Waals surface area contributed by atoms with Crippen molar-refractivity contribution < 1.29 is 4.74 Å². The molecular weight excluding hydrogens is 364 g/mol. The first-order valence-corrected chi connectivity index (χ1v) is 13.0. The average molecular weight is 409 g/mol. The molecule has 3 fully saturated rings. The zero-order chi connectivity index (χ0) is 20.8. The summed E-state index contributed by atoms with van der Waals surface area (Å²) < 4.78 is 5.79. The molecule has 0 heterocycles. The van der Waals surface area contributed by atoms with Crippen molar-refractivity contribution >= 4 is 0 Å². The van der Waals surface area contributed by atoms with Crippen molar-refractivity contribution in [3.63, 3.8) is 0 Å². The highest BCUT2D eigenvalue weighted by Crippen LogP contribution is 2.49. The van der Waals surface area contributed by atoms with E-state index in [2.05, 4.69) is 37.8 Å². The highest BCUT2D eigenvalue weighted by molar-refractivity contribution is 5.30. The van der Waals surface area contributed by atoms with Crippen LogP contribution in [-0.4, -0.2) is 6.61 Å². The van der Waals surface area contributed by atoms with Gasteiger partial charge in [0.25, 0.3) is 0 Å². The first-order chi connectivity index (χ1) is 14.7. The third-order valence-corrected chi connectivity index (χ3v) is 8.78. The highest BCUT2D eigenvalue weighted by atomic mass is 16.5. The molecular formula is C29H44O. The lowest BCUT2D eigenvalue weighted by molar-refractivity contribution is 0.109. The molecule has 4 atom stereocenters. The van der Waals surface area contributed by atoms with E-state index in [1.165, 1.54) is 82.6 Å². The minimum atomic E-state index is 0.733. The van der Waals surface area contributed by atoms with Gasteiger partial charge < -0.3 is 4.74 Å². The number of ether oxygens (including phenoxy) is 1. The minimum Gasteiger partial charge on any atom is -0.493 e. The van der Waals surface area contributed by atoms with Crippen LogP contribution in [0.15, 0.2) is 36.9 Å². The molecule has 3 aliphatic carbocycles. The monoisotopic (exact) mass is 408 g/mol. The van der Waals surface area contributed by atoms with Gasteiger partial charge in [-0.1, -0.05) is 70.1 Å². The van der Waals surface area contributed by atoms with Crippen LogP contribution in [-0.2, 0) is 0 Å². The predicted molar refractivity (Wildman–Crippen MR) is 128 cm³/mol. The van der Waals surface area contributed by atoms with E-state index >= 15 is 0 Å². The van der Waals surface area contributed by atoms with Crippen LogP contribution in [0, 0.1) is 29.6 Å². The summed E-state index contributed by atoms with van der Waals surface area (Å²) in [7, 11) is 0. The Balaban J connectivity index is 1.21. The average Bonchev–Trinajstić information content (AvgIpc) is 2.79. The molecule has 0 bridgehead atoms. The van der Waals surface area contributed by atoms with Crippen molar-refractivity contribution in [1.29, 1.82) is 0 Å². The molecule has 0 saturated heterocycles. The standard InChI is InChI=1S/C29H44O/c1-3-4-19-30-29-17-15-25(16-18-29)27-14-13-26-20-24(11-12-28(26)21-27)10-9-23-7-5-22(2)6-8-23/h3,15-18,22-24,26-28H,1,4-14,19-21H2,2H3. The Morgan fingerprint density at radius 1 is 0.833 bits per heavy atom. The summed E-state index contributed by atoms with van der Waals surface area (Å²) in [6.45, 7) is 6.94. The lowest BCUT2D eigenvalue weighted by Crippen LogP contribution is -2.30. The Morgan fingerprint density at radius 3 is 2.27 bits per heavy atom. The first kappa shape index (κ1) is 22.0. The van der Waals surface area contributed by atoms with Crippen LogP contribution >= 0.6 is 0 Å². The summed E-state index contributed by atoms with van der Waals surface area (Å²) in [5, 5.41) is 0. The van der Waals surface area contributed by atoms with Crippen molar-refractivity contribution in [2.75, 3.05) is 6.61 Å². The summed E-state index contributed by atoms with van der Waals surface area (Å²) in [6.07, 6.45) is 20.7. The van der Waals surface area contributed by atoms with E-state index in [0.717, 1.165) is 54.3 Å². The molecule has 4 rings (SSSR count). The minimum absolute atomic E-state index is 0.733. The molecule has 0 radical (unpaired) electrons. The van der Waals surface area contributed by atoms with Crippen molar-refractivity contribution in [3.8, 4) is 5.75 Å². The van der Waals surface area contributed by atoms with Crippen LogP contribution in [0.25, 0.3) is 0 Å². The van der Waals surface area contributed by atoms with Gasteiger partial charge in [0.1, 0.15) is 5.75 Å². The molecule has 1 nitrogen and oxygen atoms in total. The molecule has 166 valence electrons. The number of benzene rings is 1. The van der Waals surface area contributed by atoms with Crippen LogP contribution in [0.5, 0.6) is 5.75 Å². The molecule has 4 unspecified atom stereocenters. The third-order valence-electron chi connectivity index (χ3n) is 8.78. The van der Waals surface area contributed by atoms with Gasteiger partial charge in [-0.05, 0) is 91.7 Å². The molecule has 0 N–H and O–H groups in total. The molecule has 3 aliphatic rings. The number of hydrogen-bond acceptors (Lipinski definition) is 1. The smallest absolute Gasteiger partial charge is 0.119 e. The lowest BCUT2D eigenvalue weighted by Gasteiger charge is -2.42. The molecule has 30 heavy (non-hydrogen) atoms. The topological polar surface area (TPSA) is 9.23 Å². The lowest BCUT2D eigenvalue weighted by atomic mass is 9.63. The summed E-state index contributed by atoms with van der Waals surface area (Å²) in [6, 6.07) is 9.00. The van der Waals surface area contributed by atoms with E-state index < -0.39 is 0 Å². The number of rotatable bonds is 8. The second-order valence-corrected chi connectivity index (χ2v) is 10.9. The van der Waals surface area contributed by atoms with Crippen LogP contribution in [0.4, 0.5) is 0 Å². The van der Waals surface area contributed by atoms with Crippen LogP contribution in [0.2, 0.25) is 0 Å². The van der Waals surface area contributed by atoms with Gasteiger partial charge >= 0.3 is 0 Å². The Labute approximate surface area is 185 Å². The van der Waals surface area contributed by atoms with Gasteiger partial charge in [0, 0.05) is 0 Å². The Morgan fingerprint density at radius 2 is 1.50 bits per heavy atom. The molecule has 0 amide bonds. The van der Waals surface area contributed by atoms with E-state index in [-0.39, 0.29) is 0 Å². The van der Waals surface area contributed by atoms with Gasteiger partial charge in [0.15, 0.2) is 0 Å². The molecule has 1 heteroatoms. The summed E-state index contributed by atoms with van der Waals surface area (Å²) >= 11 is 0. The molecule has 0 aliphatic heterocycles. The fourth-order valence-corrected chi connectivity index (χ4v) is 6.74. The summed E-state index contributed by atoms with van der Waals surface area (Å²) in [5.74, 6) is 6.86. The van der Waals surface area contributed by atoms with Crippen molar-refractivity contribution in [2.24, 2.45) is 29.6 Å². The second-order valence-electron chi connectivity index (χ2n) is 10.9. The van der Waals surface area contributed by atoms with Gasteiger partial charge in [-0.2, -0.15) is 0 Å². The van der Waals surface area contributed by atoms with Gasteiger partial charge in [0.2, 0.25) is 0 Å². The maximum atomic E-state index is 5.79. The van der Waals surface area contributed by atoms with E-state index in [9.17, 15) is 0 Å². The zero-order valence-corrected chi connectivity index (χ0v) is 19.4. The van der Waals surface area contributed by atoms with Crippen LogP contribution < -0.4 is 4.74 Å². The fourth-order valence-electron chi connectivity index (χ4n) is 6.74. The Bertz CT molecular complexity index is 639. The van der Waals surface area contributed by atoms with E-state index in [1.54, 1.807) is 0 Å². The van der Waals surface area contributed by atoms with E-state index in [4.69, 9.17) is 4.74 Å². The molecule has 0 spiro atoms. The van der Waals surface area contributed by atoms with Crippen molar-refractivity contribution in [2.45, 2.75) is 96.3 Å². The number of fused-ring (bicyclic) bond motifs is 1. The van der Waals surface area contributed by atoms with E-state index in [1.807, 2.05) is 6.08 Å². The van der Waals surface area contributed by atoms with Gasteiger partial charge in [-0.25, -0.2) is 0 Å². The van der Waals surface area contributed by atoms with Gasteiger partial charge in [-0.3, -0.25) is 0 Å². The zero-order valence-electron chi connectivity index (χ0n) is 19.4. The molecule has 1 aromatic carbocycles. The SMILES string of the molecule is C=CCCOc1ccc(C2CCC3CC(CCC4CCC(C)CC4)CCC3C2)cc1. The van der Waals surface area contributed by atoms with Gasteiger partial charge in [-0.15, -0.1) is 6.58 Å². The summed E-state index contributed by atoms with van der Waals surface area (Å²) in [4.78, 5) is 0. The fraction of sp³-hybridized carbons (Fsp3) is 0.724. The third kappa shape index (κ3) is 5.92. The maximum Gasteiger partial charge on any atom is 0.119 e. The van der Waals surface area contributed by atoms with Crippen molar-refractivity contribution in [1.82, 2.24) is 0 Å². The normalized spacial score (nSPS) is 34.2. The first-order valence-electron chi connectivity index (χ1n) is 13.0. The molecule has 3 saturated carbocycles. The van der Waals surface area contributed by atoms with E-state index in [0.29, 0.717) is 0 Å². The molecule has 1 aromatic rings. The van der Waals surface area contributed by atoms with Crippen molar-refractivity contribution in [3.05, 3.63) is 42.5 Å². The van der Waals surface area contributed by atoms with Gasteiger partial charge in [0.05, 0.1) is 6.61 Å². The quantitative estimate of drug-likeness (QED) is 0.309. The number of hydrogen-bond donors (Lipinski definition) is 0. The second kappa shape index (κ2) is 10.9. The predicted octanol–water partition coefficient (Wildman–Crippen LogP) is 8.55. The Kier molecular flexibility index (Phi) is 7.96. The Hall–Kier alpha value is -1.24. The largest absolute Gasteiger partial charge is 0.493 e. The highest BCUT2D eigenvalue weighted by Gasteiger charge is 2.36. The summed E-state index contributed by atoms with van der Waals surface area (Å²) in [5.41, 5.74) is 1.54. The van der Waals surface area contributed by atoms with Crippen LogP contribution in [0.1, 0.15) is 102 Å². The van der Waals surface area contributed by atoms with Crippen LogP contribution in [0.3, 0.4) is 0 Å². The molecule has 0 aromatic heterocycles. The maximum absolute atomic E-state index is 5.79.